The molecule has 2 aromatic carbocycles. The number of nitrogens with zero attached hydrogens (tertiary/aromatic N) is 1. The highest BCUT2D eigenvalue weighted by Crippen LogP contribution is 2.63. The Bertz CT molecular complexity index is 1120. The Hall–Kier alpha value is -2.37. The molecule has 3 heterocycles. The van der Waals surface area contributed by atoms with Gasteiger partial charge in [-0.3, -0.25) is 9.69 Å². The molecule has 2 aliphatic carbocycles. The molecule has 34 heavy (non-hydrogen) atoms. The van der Waals surface area contributed by atoms with Gasteiger partial charge in [-0.1, -0.05) is 24.3 Å². The van der Waals surface area contributed by atoms with Crippen molar-refractivity contribution in [3.63, 3.8) is 0 Å². The van der Waals surface area contributed by atoms with Crippen LogP contribution in [0.25, 0.3) is 0 Å². The fraction of sp³-hybridized carbons (Fsp3) is 0.552. The average Bonchev–Trinajstić information content (AvgIpc) is 3.61. The van der Waals surface area contributed by atoms with Gasteiger partial charge in [0.15, 0.2) is 0 Å². The predicted octanol–water partition coefficient (Wildman–Crippen LogP) is 4.09. The molecule has 4 fully saturated rings. The van der Waals surface area contributed by atoms with Crippen LogP contribution in [-0.2, 0) is 16.6 Å². The summed E-state index contributed by atoms with van der Waals surface area (Å²) in [6.45, 7) is 2.34. The van der Waals surface area contributed by atoms with Gasteiger partial charge >= 0.3 is 0 Å². The Morgan fingerprint density at radius 3 is 2.79 bits per heavy atom. The average molecular weight is 459 g/mol. The molecule has 2 aromatic rings. The van der Waals surface area contributed by atoms with Crippen molar-refractivity contribution in [2.45, 2.75) is 74.1 Å². The molecular weight excluding hydrogens is 424 g/mol. The van der Waals surface area contributed by atoms with E-state index in [4.69, 9.17) is 9.47 Å². The van der Waals surface area contributed by atoms with E-state index in [0.29, 0.717) is 6.04 Å². The molecule has 7 rings (SSSR count). The Morgan fingerprint density at radius 2 is 2.00 bits per heavy atom. The minimum Gasteiger partial charge on any atom is -0.497 e. The summed E-state index contributed by atoms with van der Waals surface area (Å²) in [4.78, 5) is 15.9. The fourth-order valence-corrected chi connectivity index (χ4v) is 7.84. The molecule has 5 heteroatoms. The van der Waals surface area contributed by atoms with Gasteiger partial charge in [0, 0.05) is 23.6 Å². The van der Waals surface area contributed by atoms with E-state index in [1.807, 2.05) is 30.3 Å². The zero-order valence-corrected chi connectivity index (χ0v) is 20.0. The number of ether oxygens (including phenoxy) is 2. The maximum absolute atomic E-state index is 13.1. The number of benzene rings is 2. The predicted molar refractivity (Wildman–Crippen MR) is 130 cm³/mol. The van der Waals surface area contributed by atoms with Crippen molar-refractivity contribution in [2.24, 2.45) is 5.92 Å². The van der Waals surface area contributed by atoms with Gasteiger partial charge in [-0.15, -0.1) is 0 Å². The third kappa shape index (κ3) is 2.96. The Kier molecular flexibility index (Phi) is 4.66. The lowest BCUT2D eigenvalue weighted by atomic mass is 9.51. The van der Waals surface area contributed by atoms with Gasteiger partial charge in [0.1, 0.15) is 5.75 Å². The van der Waals surface area contributed by atoms with Crippen LogP contribution in [0.15, 0.2) is 48.5 Å². The number of nitrogens with one attached hydrogen (secondary N) is 1. The van der Waals surface area contributed by atoms with Crippen molar-refractivity contribution in [1.82, 2.24) is 10.2 Å². The quantitative estimate of drug-likeness (QED) is 0.733. The van der Waals surface area contributed by atoms with Gasteiger partial charge in [0.25, 0.3) is 5.91 Å². The second kappa shape index (κ2) is 7.56. The molecule has 1 amide bonds. The number of methoxy groups -OCH3 is 1. The van der Waals surface area contributed by atoms with Gasteiger partial charge in [-0.25, -0.2) is 0 Å². The molecule has 1 spiro atoms. The first kappa shape index (κ1) is 21.0. The minimum absolute atomic E-state index is 0.00870. The van der Waals surface area contributed by atoms with Crippen molar-refractivity contribution >= 4 is 5.91 Å². The minimum atomic E-state index is -0.155. The highest BCUT2D eigenvalue weighted by atomic mass is 16.5. The standard InChI is InChI=1S/C29H34N2O3/c1-33-22-10-9-21-15-26-29-12-11-25(34-29)24(30-27(32)20-5-3-2-4-6-20)17-28(29,23(21)16-22)13-14-31(26)18-19-7-8-19/h2-6,9-10,16,19,24-26H,7-8,11-15,17-18H2,1H3,(H,30,32)/t24-,25?,26-,28-,29+/m1/s1. The van der Waals surface area contributed by atoms with Crippen molar-refractivity contribution in [2.75, 3.05) is 20.2 Å². The largest absolute Gasteiger partial charge is 0.497 e. The van der Waals surface area contributed by atoms with E-state index in [2.05, 4.69) is 28.4 Å². The van der Waals surface area contributed by atoms with E-state index in [1.54, 1.807) is 7.11 Å². The number of carbonyl (C=O) groups excluding carboxylic acids is 1. The highest BCUT2D eigenvalue weighted by Gasteiger charge is 2.70. The number of hydrogen-bond acceptors (Lipinski definition) is 4. The molecule has 5 nitrogen and oxygen atoms in total. The highest BCUT2D eigenvalue weighted by molar-refractivity contribution is 5.94. The van der Waals surface area contributed by atoms with E-state index in [-0.39, 0.29) is 29.1 Å². The third-order valence-electron chi connectivity index (χ3n) is 9.58. The summed E-state index contributed by atoms with van der Waals surface area (Å²) in [6.07, 6.45) is 8.05. The topological polar surface area (TPSA) is 50.8 Å². The molecule has 3 saturated heterocycles. The molecule has 178 valence electrons. The first-order valence-corrected chi connectivity index (χ1v) is 13.1. The van der Waals surface area contributed by atoms with Gasteiger partial charge in [-0.2, -0.15) is 0 Å². The number of carbonyl (C=O) groups is 1. The number of hydrogen-bond donors (Lipinski definition) is 1. The molecular formula is C29H34N2O3. The van der Waals surface area contributed by atoms with Crippen LogP contribution < -0.4 is 10.1 Å². The second-order valence-corrected chi connectivity index (χ2v) is 11.2. The molecule has 4 bridgehead atoms. The monoisotopic (exact) mass is 458 g/mol. The summed E-state index contributed by atoms with van der Waals surface area (Å²) in [6, 6.07) is 16.7. The number of piperidine rings is 1. The van der Waals surface area contributed by atoms with Crippen molar-refractivity contribution in [3.05, 3.63) is 65.2 Å². The molecule has 0 aromatic heterocycles. The lowest BCUT2D eigenvalue weighted by Crippen LogP contribution is -2.74. The summed E-state index contributed by atoms with van der Waals surface area (Å²) >= 11 is 0. The van der Waals surface area contributed by atoms with E-state index in [9.17, 15) is 4.79 Å². The first-order valence-electron chi connectivity index (χ1n) is 13.1. The van der Waals surface area contributed by atoms with E-state index >= 15 is 0 Å². The van der Waals surface area contributed by atoms with Gasteiger partial charge in [-0.05, 0) is 92.8 Å². The van der Waals surface area contributed by atoms with Crippen LogP contribution in [0, 0.1) is 5.92 Å². The lowest BCUT2D eigenvalue weighted by Gasteiger charge is -2.65. The van der Waals surface area contributed by atoms with E-state index < -0.39 is 0 Å². The SMILES string of the molecule is COc1ccc2c(c1)[C@]13CCN(CC4CC4)[C@H](C2)[C@@]12CCC(O2)[C@H](NC(=O)c1ccccc1)C3. The Balaban J connectivity index is 1.29. The van der Waals surface area contributed by atoms with Gasteiger partial charge in [0.2, 0.25) is 0 Å². The van der Waals surface area contributed by atoms with E-state index in [1.165, 1.54) is 30.5 Å². The van der Waals surface area contributed by atoms with Crippen LogP contribution >= 0.6 is 0 Å². The summed E-state index contributed by atoms with van der Waals surface area (Å²) < 4.78 is 12.8. The van der Waals surface area contributed by atoms with Gasteiger partial charge in [0.05, 0.1) is 24.9 Å². The maximum Gasteiger partial charge on any atom is 0.251 e. The number of rotatable bonds is 5. The molecule has 0 radical (unpaired) electrons. The van der Waals surface area contributed by atoms with Crippen molar-refractivity contribution < 1.29 is 14.3 Å². The molecule has 3 aliphatic heterocycles. The second-order valence-electron chi connectivity index (χ2n) is 11.2. The van der Waals surface area contributed by atoms with Crippen LogP contribution in [0.2, 0.25) is 0 Å². The normalized spacial score (nSPS) is 35.9. The fourth-order valence-electron chi connectivity index (χ4n) is 7.84. The Labute approximate surface area is 201 Å². The first-order chi connectivity index (χ1) is 16.6. The smallest absolute Gasteiger partial charge is 0.251 e. The van der Waals surface area contributed by atoms with Crippen LogP contribution in [0.3, 0.4) is 0 Å². The molecule has 5 atom stereocenters. The number of amides is 1. The molecule has 1 saturated carbocycles. The van der Waals surface area contributed by atoms with E-state index in [0.717, 1.165) is 55.9 Å². The number of fused-ring (bicyclic) bond motifs is 2. The summed E-state index contributed by atoms with van der Waals surface area (Å²) in [7, 11) is 1.75. The lowest BCUT2D eigenvalue weighted by molar-refractivity contribution is -0.208. The van der Waals surface area contributed by atoms with Gasteiger partial charge < -0.3 is 14.8 Å². The summed E-state index contributed by atoms with van der Waals surface area (Å²) in [5.74, 6) is 1.81. The van der Waals surface area contributed by atoms with Crippen LogP contribution in [0.1, 0.15) is 60.0 Å². The third-order valence-corrected chi connectivity index (χ3v) is 9.58. The van der Waals surface area contributed by atoms with Crippen LogP contribution in [0.5, 0.6) is 5.75 Å². The van der Waals surface area contributed by atoms with Crippen molar-refractivity contribution in [1.29, 1.82) is 0 Å². The number of likely N-dealkylation sites (tertiary alicyclic amines) is 1. The zero-order chi connectivity index (χ0) is 22.9. The Morgan fingerprint density at radius 1 is 1.15 bits per heavy atom. The van der Waals surface area contributed by atoms with Crippen molar-refractivity contribution in [3.8, 4) is 5.75 Å². The summed E-state index contributed by atoms with van der Waals surface area (Å²) in [5.41, 5.74) is 3.34. The molecule has 5 aliphatic rings. The van der Waals surface area contributed by atoms with Crippen LogP contribution in [-0.4, -0.2) is 54.8 Å². The summed E-state index contributed by atoms with van der Waals surface area (Å²) in [5, 5.41) is 3.39. The molecule has 1 unspecified atom stereocenters. The molecule has 1 N–H and O–H groups in total. The van der Waals surface area contributed by atoms with Crippen LogP contribution in [0.4, 0.5) is 0 Å². The maximum atomic E-state index is 13.1. The zero-order valence-electron chi connectivity index (χ0n) is 20.0.